The van der Waals surface area contributed by atoms with Gasteiger partial charge < -0.3 is 10.2 Å². The maximum atomic E-state index is 13.6. The molecule has 0 aliphatic carbocycles. The van der Waals surface area contributed by atoms with Gasteiger partial charge in [-0.2, -0.15) is 0 Å². The lowest BCUT2D eigenvalue weighted by Crippen LogP contribution is -2.51. The number of nitrogens with one attached hydrogen (secondary N) is 1. The maximum absolute atomic E-state index is 13.6. The van der Waals surface area contributed by atoms with Crippen LogP contribution in [-0.2, 0) is 26.2 Å². The van der Waals surface area contributed by atoms with Gasteiger partial charge in [-0.15, -0.1) is 0 Å². The Hall–Kier alpha value is -2.58. The molecule has 192 valence electrons. The Morgan fingerprint density at radius 1 is 1.03 bits per heavy atom. The Balaban J connectivity index is 2.40. The minimum atomic E-state index is -3.78. The summed E-state index contributed by atoms with van der Waals surface area (Å²) in [6.07, 6.45) is 2.85. The molecule has 0 saturated heterocycles. The highest BCUT2D eigenvalue weighted by atomic mass is 35.5. The molecular formula is C26H36ClN3O4S. The number of hydrogen-bond donors (Lipinski definition) is 1. The first-order chi connectivity index (χ1) is 16.5. The zero-order chi connectivity index (χ0) is 26.2. The highest BCUT2D eigenvalue weighted by Crippen LogP contribution is 2.29. The monoisotopic (exact) mass is 521 g/mol. The van der Waals surface area contributed by atoms with Crippen LogP contribution in [0.4, 0.5) is 5.69 Å². The van der Waals surface area contributed by atoms with Crippen molar-refractivity contribution in [1.29, 1.82) is 0 Å². The van der Waals surface area contributed by atoms with Crippen molar-refractivity contribution in [2.24, 2.45) is 0 Å². The number of rotatable bonds is 12. The standard InChI is InChI=1S/C26H36ClN3O4S/c1-6-7-16-28-26(32)20(4)29(17-21-12-14-22(27)15-13-21)25(31)18-30(35(5,33)34)24-11-9-8-10-23(24)19(2)3/h8-15,19-20H,6-7,16-18H2,1-5H3,(H,28,32)/t20-/m0/s1. The van der Waals surface area contributed by atoms with E-state index in [1.54, 1.807) is 43.3 Å². The van der Waals surface area contributed by atoms with Crippen LogP contribution in [0.25, 0.3) is 0 Å². The van der Waals surface area contributed by atoms with Gasteiger partial charge in [0.05, 0.1) is 11.9 Å². The summed E-state index contributed by atoms with van der Waals surface area (Å²) in [5, 5.41) is 3.43. The molecular weight excluding hydrogens is 486 g/mol. The van der Waals surface area contributed by atoms with E-state index in [2.05, 4.69) is 5.32 Å². The second-order valence-corrected chi connectivity index (χ2v) is 11.3. The first-order valence-corrected chi connectivity index (χ1v) is 14.1. The third kappa shape index (κ3) is 8.25. The fourth-order valence-electron chi connectivity index (χ4n) is 3.70. The molecule has 0 aromatic heterocycles. The Kier molecular flexibility index (Phi) is 10.6. The number of anilines is 1. The van der Waals surface area contributed by atoms with E-state index < -0.39 is 28.5 Å². The zero-order valence-electron chi connectivity index (χ0n) is 21.1. The molecule has 0 aliphatic heterocycles. The van der Waals surface area contributed by atoms with Crippen molar-refractivity contribution in [2.45, 2.75) is 59.0 Å². The van der Waals surface area contributed by atoms with Gasteiger partial charge in [-0.25, -0.2) is 8.42 Å². The molecule has 0 radical (unpaired) electrons. The molecule has 0 unspecified atom stereocenters. The summed E-state index contributed by atoms with van der Waals surface area (Å²) >= 11 is 6.00. The molecule has 2 amide bonds. The van der Waals surface area contributed by atoms with Crippen molar-refractivity contribution in [1.82, 2.24) is 10.2 Å². The van der Waals surface area contributed by atoms with Crippen molar-refractivity contribution >= 4 is 39.1 Å². The molecule has 1 N–H and O–H groups in total. The van der Waals surface area contributed by atoms with Crippen LogP contribution in [0.2, 0.25) is 5.02 Å². The minimum Gasteiger partial charge on any atom is -0.354 e. The number of carbonyl (C=O) groups excluding carboxylic acids is 2. The highest BCUT2D eigenvalue weighted by molar-refractivity contribution is 7.92. The smallest absolute Gasteiger partial charge is 0.244 e. The Morgan fingerprint density at radius 3 is 2.23 bits per heavy atom. The molecule has 7 nitrogen and oxygen atoms in total. The normalized spacial score (nSPS) is 12.3. The number of hydrogen-bond acceptors (Lipinski definition) is 4. The number of nitrogens with zero attached hydrogens (tertiary/aromatic N) is 2. The zero-order valence-corrected chi connectivity index (χ0v) is 22.7. The Morgan fingerprint density at radius 2 is 1.66 bits per heavy atom. The van der Waals surface area contributed by atoms with E-state index in [0.29, 0.717) is 17.3 Å². The average Bonchev–Trinajstić information content (AvgIpc) is 2.80. The van der Waals surface area contributed by atoms with Gasteiger partial charge in [0, 0.05) is 18.1 Å². The second-order valence-electron chi connectivity index (χ2n) is 8.95. The first-order valence-electron chi connectivity index (χ1n) is 11.8. The average molecular weight is 522 g/mol. The number of para-hydroxylation sites is 1. The number of unbranched alkanes of at least 4 members (excludes halogenated alkanes) is 1. The summed E-state index contributed by atoms with van der Waals surface area (Å²) in [5.41, 5.74) is 2.06. The molecule has 9 heteroatoms. The third-order valence-corrected chi connectivity index (χ3v) is 7.15. The first kappa shape index (κ1) is 28.7. The SMILES string of the molecule is CCCCNC(=O)[C@H](C)N(Cc1ccc(Cl)cc1)C(=O)CN(c1ccccc1C(C)C)S(C)(=O)=O. The summed E-state index contributed by atoms with van der Waals surface area (Å²) < 4.78 is 26.7. The van der Waals surface area contributed by atoms with Crippen LogP contribution in [0.5, 0.6) is 0 Å². The molecule has 1 atom stereocenters. The van der Waals surface area contributed by atoms with Crippen LogP contribution in [0.15, 0.2) is 48.5 Å². The lowest BCUT2D eigenvalue weighted by molar-refractivity contribution is -0.139. The fourth-order valence-corrected chi connectivity index (χ4v) is 4.70. The van der Waals surface area contributed by atoms with Crippen LogP contribution in [0.1, 0.15) is 57.6 Å². The van der Waals surface area contributed by atoms with E-state index in [1.807, 2.05) is 32.9 Å². The van der Waals surface area contributed by atoms with Crippen molar-refractivity contribution in [3.05, 3.63) is 64.7 Å². The molecule has 0 heterocycles. The van der Waals surface area contributed by atoms with Crippen LogP contribution >= 0.6 is 11.6 Å². The second kappa shape index (κ2) is 12.9. The van der Waals surface area contributed by atoms with Crippen LogP contribution in [0.3, 0.4) is 0 Å². The number of benzene rings is 2. The highest BCUT2D eigenvalue weighted by Gasteiger charge is 2.31. The Bertz CT molecular complexity index is 1100. The number of halogens is 1. The van der Waals surface area contributed by atoms with Gasteiger partial charge in [0.25, 0.3) is 0 Å². The summed E-state index contributed by atoms with van der Waals surface area (Å²) in [6.45, 7) is 7.86. The van der Waals surface area contributed by atoms with E-state index in [0.717, 1.165) is 34.5 Å². The molecule has 0 bridgehead atoms. The van der Waals surface area contributed by atoms with E-state index in [9.17, 15) is 18.0 Å². The largest absolute Gasteiger partial charge is 0.354 e. The number of sulfonamides is 1. The molecule has 0 fully saturated rings. The van der Waals surface area contributed by atoms with Gasteiger partial charge in [0.2, 0.25) is 21.8 Å². The topological polar surface area (TPSA) is 86.8 Å². The van der Waals surface area contributed by atoms with E-state index in [-0.39, 0.29) is 18.4 Å². The summed E-state index contributed by atoms with van der Waals surface area (Å²) in [5.74, 6) is -0.699. The molecule has 2 rings (SSSR count). The number of carbonyl (C=O) groups is 2. The minimum absolute atomic E-state index is 0.0546. The summed E-state index contributed by atoms with van der Waals surface area (Å²) in [6, 6.07) is 13.4. The van der Waals surface area contributed by atoms with Crippen LogP contribution in [-0.4, -0.2) is 50.5 Å². The lowest BCUT2D eigenvalue weighted by atomic mass is 10.0. The van der Waals surface area contributed by atoms with Crippen molar-refractivity contribution in [3.63, 3.8) is 0 Å². The maximum Gasteiger partial charge on any atom is 0.244 e. The summed E-state index contributed by atoms with van der Waals surface area (Å²) in [7, 11) is -3.78. The van der Waals surface area contributed by atoms with E-state index in [1.165, 1.54) is 4.90 Å². The van der Waals surface area contributed by atoms with Gasteiger partial charge in [0.15, 0.2) is 0 Å². The predicted molar refractivity (Wildman–Crippen MR) is 142 cm³/mol. The molecule has 2 aromatic carbocycles. The van der Waals surface area contributed by atoms with Crippen LogP contribution < -0.4 is 9.62 Å². The molecule has 0 spiro atoms. The van der Waals surface area contributed by atoms with E-state index >= 15 is 0 Å². The van der Waals surface area contributed by atoms with Crippen molar-refractivity contribution < 1.29 is 18.0 Å². The van der Waals surface area contributed by atoms with Gasteiger partial charge in [-0.05, 0) is 48.6 Å². The van der Waals surface area contributed by atoms with Crippen molar-refractivity contribution in [2.75, 3.05) is 23.7 Å². The third-order valence-electron chi connectivity index (χ3n) is 5.77. The lowest BCUT2D eigenvalue weighted by Gasteiger charge is -2.32. The van der Waals surface area contributed by atoms with E-state index in [4.69, 9.17) is 11.6 Å². The molecule has 2 aromatic rings. The molecule has 35 heavy (non-hydrogen) atoms. The van der Waals surface area contributed by atoms with Gasteiger partial charge in [-0.3, -0.25) is 13.9 Å². The molecule has 0 aliphatic rings. The van der Waals surface area contributed by atoms with Crippen molar-refractivity contribution in [3.8, 4) is 0 Å². The summed E-state index contributed by atoms with van der Waals surface area (Å²) in [4.78, 5) is 27.9. The van der Waals surface area contributed by atoms with Gasteiger partial charge in [0.1, 0.15) is 12.6 Å². The van der Waals surface area contributed by atoms with Crippen LogP contribution in [0, 0.1) is 0 Å². The van der Waals surface area contributed by atoms with Gasteiger partial charge in [-0.1, -0.05) is 69.1 Å². The van der Waals surface area contributed by atoms with Gasteiger partial charge >= 0.3 is 0 Å². The predicted octanol–water partition coefficient (Wildman–Crippen LogP) is 4.56. The number of amides is 2. The quantitative estimate of drug-likeness (QED) is 0.415. The Labute approximate surface area is 214 Å². The molecule has 0 saturated carbocycles. The fraction of sp³-hybridized carbons (Fsp3) is 0.462.